The van der Waals surface area contributed by atoms with Crippen molar-refractivity contribution in [3.05, 3.63) is 71.3 Å². The van der Waals surface area contributed by atoms with Crippen molar-refractivity contribution in [2.24, 2.45) is 0 Å². The first-order valence-electron chi connectivity index (χ1n) is 9.22. The Kier molecular flexibility index (Phi) is 5.54. The molecule has 0 saturated heterocycles. The van der Waals surface area contributed by atoms with Crippen LogP contribution in [-0.4, -0.2) is 17.1 Å². The Balaban J connectivity index is 1.85. The molecule has 2 N–H and O–H groups in total. The predicted octanol–water partition coefficient (Wildman–Crippen LogP) is 3.87. The van der Waals surface area contributed by atoms with E-state index in [2.05, 4.69) is 5.32 Å². The Morgan fingerprint density at radius 3 is 2.32 bits per heavy atom. The molecule has 0 aliphatic heterocycles. The van der Waals surface area contributed by atoms with Crippen LogP contribution in [0.1, 0.15) is 48.8 Å². The average Bonchev–Trinajstić information content (AvgIpc) is 2.65. The number of rotatable bonds is 5. The molecule has 0 heterocycles. The smallest absolute Gasteiger partial charge is 0.257 e. The zero-order chi connectivity index (χ0) is 17.7. The zero-order valence-electron chi connectivity index (χ0n) is 14.9. The fourth-order valence-corrected chi connectivity index (χ4v) is 3.58. The van der Waals surface area contributed by atoms with E-state index in [1.807, 2.05) is 61.5 Å². The van der Waals surface area contributed by atoms with Gasteiger partial charge in [-0.1, -0.05) is 79.4 Å². The molecule has 1 aliphatic carbocycles. The lowest BCUT2D eigenvalue weighted by molar-refractivity contribution is -0.141. The second kappa shape index (κ2) is 7.83. The van der Waals surface area contributed by atoms with Crippen LogP contribution in [0.25, 0.3) is 0 Å². The van der Waals surface area contributed by atoms with E-state index in [4.69, 9.17) is 0 Å². The first kappa shape index (κ1) is 17.7. The van der Waals surface area contributed by atoms with E-state index in [1.165, 1.54) is 12.0 Å². The van der Waals surface area contributed by atoms with Gasteiger partial charge >= 0.3 is 0 Å². The van der Waals surface area contributed by atoms with Crippen LogP contribution in [0.5, 0.6) is 0 Å². The van der Waals surface area contributed by atoms with Crippen molar-refractivity contribution in [1.29, 1.82) is 0 Å². The van der Waals surface area contributed by atoms with Crippen molar-refractivity contribution in [3.8, 4) is 0 Å². The Bertz CT molecular complexity index is 690. The lowest BCUT2D eigenvalue weighted by Gasteiger charge is -2.31. The molecule has 1 aliphatic rings. The highest BCUT2D eigenvalue weighted by atomic mass is 16.3. The molecule has 3 rings (SSSR count). The van der Waals surface area contributed by atoms with Crippen molar-refractivity contribution in [2.75, 3.05) is 0 Å². The Labute approximate surface area is 150 Å². The third-order valence-electron chi connectivity index (χ3n) is 5.15. The van der Waals surface area contributed by atoms with Gasteiger partial charge in [0.05, 0.1) is 0 Å². The average molecular weight is 337 g/mol. The fraction of sp³-hybridized carbons (Fsp3) is 0.409. The molecule has 2 aromatic rings. The molecule has 132 valence electrons. The summed E-state index contributed by atoms with van der Waals surface area (Å²) in [6.45, 7) is 2.03. The summed E-state index contributed by atoms with van der Waals surface area (Å²) < 4.78 is 0. The number of nitrogens with one attached hydrogen (secondary N) is 1. The van der Waals surface area contributed by atoms with Crippen LogP contribution in [0.15, 0.2) is 54.6 Å². The molecule has 0 spiro atoms. The van der Waals surface area contributed by atoms with Gasteiger partial charge in [0.25, 0.3) is 5.91 Å². The molecule has 1 atom stereocenters. The van der Waals surface area contributed by atoms with Gasteiger partial charge in [-0.15, -0.1) is 0 Å². The summed E-state index contributed by atoms with van der Waals surface area (Å²) >= 11 is 0. The van der Waals surface area contributed by atoms with E-state index >= 15 is 0 Å². The monoisotopic (exact) mass is 337 g/mol. The number of benzene rings is 2. The number of carbonyl (C=O) groups is 1. The third-order valence-corrected chi connectivity index (χ3v) is 5.15. The molecule has 1 saturated carbocycles. The maximum absolute atomic E-state index is 13.0. The largest absolute Gasteiger partial charge is 0.375 e. The second-order valence-corrected chi connectivity index (χ2v) is 7.20. The number of aryl methyl sites for hydroxylation is 1. The minimum atomic E-state index is -1.55. The Morgan fingerprint density at radius 2 is 1.68 bits per heavy atom. The molecule has 1 fully saturated rings. The van der Waals surface area contributed by atoms with Gasteiger partial charge in [-0.3, -0.25) is 4.79 Å². The van der Waals surface area contributed by atoms with Gasteiger partial charge in [-0.2, -0.15) is 0 Å². The standard InChI is InChI=1S/C22H27NO2/c1-17-12-14-18(15-13-17)16-22(25,19-8-4-2-5-9-19)21(24)23-20-10-6-3-7-11-20/h2,4-5,8-9,12-15,20,25H,3,6-7,10-11,16H2,1H3,(H,23,24). The molecule has 0 radical (unpaired) electrons. The van der Waals surface area contributed by atoms with Crippen LogP contribution in [0, 0.1) is 6.92 Å². The summed E-state index contributed by atoms with van der Waals surface area (Å²) in [5, 5.41) is 14.5. The normalized spacial score (nSPS) is 17.7. The minimum Gasteiger partial charge on any atom is -0.375 e. The fourth-order valence-electron chi connectivity index (χ4n) is 3.58. The summed E-state index contributed by atoms with van der Waals surface area (Å²) in [5.74, 6) is -0.286. The summed E-state index contributed by atoms with van der Waals surface area (Å²) in [5.41, 5.74) is 1.21. The SMILES string of the molecule is Cc1ccc(CC(O)(C(=O)NC2CCCCC2)c2ccccc2)cc1. The number of hydrogen-bond acceptors (Lipinski definition) is 2. The molecule has 1 amide bonds. The molecular formula is C22H27NO2. The molecular weight excluding hydrogens is 310 g/mol. The van der Waals surface area contributed by atoms with Crippen molar-refractivity contribution >= 4 is 5.91 Å². The van der Waals surface area contributed by atoms with Crippen LogP contribution in [-0.2, 0) is 16.8 Å². The first-order chi connectivity index (χ1) is 12.1. The highest BCUT2D eigenvalue weighted by Crippen LogP contribution is 2.28. The topological polar surface area (TPSA) is 49.3 Å². The highest BCUT2D eigenvalue weighted by molar-refractivity contribution is 5.87. The molecule has 25 heavy (non-hydrogen) atoms. The van der Waals surface area contributed by atoms with Crippen LogP contribution in [0.3, 0.4) is 0 Å². The van der Waals surface area contributed by atoms with Crippen molar-refractivity contribution in [3.63, 3.8) is 0 Å². The van der Waals surface area contributed by atoms with Gasteiger partial charge in [0.1, 0.15) is 0 Å². The predicted molar refractivity (Wildman–Crippen MR) is 100 cm³/mol. The van der Waals surface area contributed by atoms with E-state index in [0.717, 1.165) is 31.2 Å². The van der Waals surface area contributed by atoms with E-state index in [-0.39, 0.29) is 18.4 Å². The summed E-state index contributed by atoms with van der Waals surface area (Å²) in [4.78, 5) is 13.0. The van der Waals surface area contributed by atoms with E-state index in [1.54, 1.807) is 0 Å². The summed E-state index contributed by atoms with van der Waals surface area (Å²) in [6, 6.07) is 17.5. The minimum absolute atomic E-state index is 0.175. The second-order valence-electron chi connectivity index (χ2n) is 7.20. The summed E-state index contributed by atoms with van der Waals surface area (Å²) in [7, 11) is 0. The first-order valence-corrected chi connectivity index (χ1v) is 9.22. The van der Waals surface area contributed by atoms with Gasteiger partial charge in [0.2, 0.25) is 0 Å². The summed E-state index contributed by atoms with van der Waals surface area (Å²) in [6.07, 6.45) is 5.80. The van der Waals surface area contributed by atoms with E-state index < -0.39 is 5.60 Å². The van der Waals surface area contributed by atoms with Crippen molar-refractivity contribution in [1.82, 2.24) is 5.32 Å². The Hall–Kier alpha value is -2.13. The lowest BCUT2D eigenvalue weighted by atomic mass is 9.85. The van der Waals surface area contributed by atoms with Crippen molar-refractivity contribution < 1.29 is 9.90 Å². The van der Waals surface area contributed by atoms with Crippen LogP contribution in [0.2, 0.25) is 0 Å². The molecule has 3 heteroatoms. The maximum Gasteiger partial charge on any atom is 0.257 e. The van der Waals surface area contributed by atoms with Crippen molar-refractivity contribution in [2.45, 2.75) is 57.1 Å². The van der Waals surface area contributed by atoms with Crippen LogP contribution < -0.4 is 5.32 Å². The van der Waals surface area contributed by atoms with Gasteiger partial charge in [-0.25, -0.2) is 0 Å². The lowest BCUT2D eigenvalue weighted by Crippen LogP contribution is -2.50. The number of carbonyl (C=O) groups excluding carboxylic acids is 1. The van der Waals surface area contributed by atoms with Gasteiger partial charge in [0.15, 0.2) is 5.60 Å². The third kappa shape index (κ3) is 4.29. The van der Waals surface area contributed by atoms with Crippen LogP contribution in [0.4, 0.5) is 0 Å². The number of hydrogen-bond donors (Lipinski definition) is 2. The van der Waals surface area contributed by atoms with Gasteiger partial charge in [-0.05, 0) is 30.9 Å². The zero-order valence-corrected chi connectivity index (χ0v) is 14.9. The number of aliphatic hydroxyl groups is 1. The maximum atomic E-state index is 13.0. The molecule has 2 aromatic carbocycles. The molecule has 3 nitrogen and oxygen atoms in total. The molecule has 0 aromatic heterocycles. The van der Waals surface area contributed by atoms with Gasteiger partial charge < -0.3 is 10.4 Å². The Morgan fingerprint density at radius 1 is 1.04 bits per heavy atom. The van der Waals surface area contributed by atoms with Crippen LogP contribution >= 0.6 is 0 Å². The molecule has 0 bridgehead atoms. The quantitative estimate of drug-likeness (QED) is 0.870. The highest BCUT2D eigenvalue weighted by Gasteiger charge is 2.39. The van der Waals surface area contributed by atoms with E-state index in [0.29, 0.717) is 5.56 Å². The van der Waals surface area contributed by atoms with E-state index in [9.17, 15) is 9.90 Å². The number of amides is 1. The van der Waals surface area contributed by atoms with Gasteiger partial charge in [0, 0.05) is 12.5 Å². The molecule has 1 unspecified atom stereocenters.